The summed E-state index contributed by atoms with van der Waals surface area (Å²) in [7, 11) is 0. The summed E-state index contributed by atoms with van der Waals surface area (Å²) in [5, 5.41) is 13.4. The van der Waals surface area contributed by atoms with Gasteiger partial charge in [-0.1, -0.05) is 56.7 Å². The average Bonchev–Trinajstić information content (AvgIpc) is 2.82. The maximum Gasteiger partial charge on any atom is 0.0804 e. The molecule has 2 aromatic rings. The Morgan fingerprint density at radius 3 is 2.76 bits per heavy atom. The number of rotatable bonds is 1. The summed E-state index contributed by atoms with van der Waals surface area (Å²) < 4.78 is 0. The van der Waals surface area contributed by atoms with Gasteiger partial charge in [-0.3, -0.25) is 0 Å². The lowest BCUT2D eigenvalue weighted by molar-refractivity contribution is 0.0549. The lowest BCUT2D eigenvalue weighted by Crippen LogP contribution is -2.34. The van der Waals surface area contributed by atoms with Gasteiger partial charge in [0.25, 0.3) is 0 Å². The molecule has 110 valence electrons. The Morgan fingerprint density at radius 2 is 1.95 bits per heavy atom. The minimum Gasteiger partial charge on any atom is -0.388 e. The molecular weight excluding hydrogens is 256 g/mol. The molecule has 2 aromatic carbocycles. The van der Waals surface area contributed by atoms with Crippen LogP contribution in [0.1, 0.15) is 62.7 Å². The van der Waals surface area contributed by atoms with E-state index in [1.54, 1.807) is 0 Å². The van der Waals surface area contributed by atoms with Gasteiger partial charge in [0.1, 0.15) is 0 Å². The van der Waals surface area contributed by atoms with Gasteiger partial charge in [-0.15, -0.1) is 0 Å². The van der Waals surface area contributed by atoms with E-state index in [9.17, 15) is 5.11 Å². The molecule has 1 saturated carbocycles. The van der Waals surface area contributed by atoms with Crippen molar-refractivity contribution < 1.29 is 5.11 Å². The second-order valence-corrected chi connectivity index (χ2v) is 7.25. The van der Waals surface area contributed by atoms with Gasteiger partial charge in [0.2, 0.25) is 0 Å². The Kier molecular flexibility index (Phi) is 2.91. The highest BCUT2D eigenvalue weighted by Gasteiger charge is 2.51. The first-order valence-corrected chi connectivity index (χ1v) is 8.34. The van der Waals surface area contributed by atoms with Gasteiger partial charge in [-0.2, -0.15) is 0 Å². The van der Waals surface area contributed by atoms with Crippen LogP contribution >= 0.6 is 0 Å². The van der Waals surface area contributed by atoms with E-state index in [1.165, 1.54) is 41.2 Å². The van der Waals surface area contributed by atoms with Crippen molar-refractivity contribution >= 4 is 10.8 Å². The third kappa shape index (κ3) is 1.73. The van der Waals surface area contributed by atoms with E-state index in [-0.39, 0.29) is 11.5 Å². The van der Waals surface area contributed by atoms with Crippen molar-refractivity contribution in [1.82, 2.24) is 0 Å². The molecule has 0 aliphatic heterocycles. The largest absolute Gasteiger partial charge is 0.388 e. The average molecular weight is 280 g/mol. The molecule has 1 fully saturated rings. The molecule has 1 N–H and O–H groups in total. The lowest BCUT2D eigenvalue weighted by Gasteiger charge is -2.44. The fraction of sp³-hybridized carbons (Fsp3) is 0.500. The minimum atomic E-state index is -0.306. The maximum absolute atomic E-state index is 10.9. The molecule has 1 nitrogen and oxygen atoms in total. The molecule has 4 atom stereocenters. The monoisotopic (exact) mass is 280 g/mol. The smallest absolute Gasteiger partial charge is 0.0804 e. The van der Waals surface area contributed by atoms with E-state index in [1.807, 2.05) is 0 Å². The Morgan fingerprint density at radius 1 is 1.14 bits per heavy atom. The highest BCUT2D eigenvalue weighted by atomic mass is 16.3. The molecule has 2 aliphatic carbocycles. The predicted molar refractivity (Wildman–Crippen MR) is 87.4 cm³/mol. The molecule has 0 saturated heterocycles. The van der Waals surface area contributed by atoms with Crippen LogP contribution in [-0.4, -0.2) is 5.11 Å². The van der Waals surface area contributed by atoms with Crippen molar-refractivity contribution in [2.24, 2.45) is 11.3 Å². The summed E-state index contributed by atoms with van der Waals surface area (Å²) in [5.41, 5.74) is 2.92. The van der Waals surface area contributed by atoms with Gasteiger partial charge >= 0.3 is 0 Å². The number of hydrogen-bond acceptors (Lipinski definition) is 1. The van der Waals surface area contributed by atoms with Crippen LogP contribution < -0.4 is 0 Å². The Labute approximate surface area is 127 Å². The van der Waals surface area contributed by atoms with Crippen molar-refractivity contribution in [2.45, 2.75) is 51.6 Å². The van der Waals surface area contributed by atoms with E-state index in [0.717, 1.165) is 12.3 Å². The molecule has 21 heavy (non-hydrogen) atoms. The van der Waals surface area contributed by atoms with Crippen molar-refractivity contribution in [1.29, 1.82) is 0 Å². The summed E-state index contributed by atoms with van der Waals surface area (Å²) in [6.45, 7) is 4.72. The Balaban J connectivity index is 1.94. The van der Waals surface area contributed by atoms with Crippen LogP contribution in [0.4, 0.5) is 0 Å². The lowest BCUT2D eigenvalue weighted by atomic mass is 9.61. The van der Waals surface area contributed by atoms with Crippen molar-refractivity contribution in [3.63, 3.8) is 0 Å². The zero-order valence-corrected chi connectivity index (χ0v) is 13.0. The SMILES string of the molecule is CC[C@H]1CC[C@H]2c3ccc4ccccc4c3[C@@H](O)C[C@]12C. The molecule has 1 heteroatoms. The highest BCUT2D eigenvalue weighted by molar-refractivity contribution is 5.87. The van der Waals surface area contributed by atoms with Crippen LogP contribution in [0, 0.1) is 11.3 Å². The molecule has 0 aromatic heterocycles. The van der Waals surface area contributed by atoms with Crippen molar-refractivity contribution in [2.75, 3.05) is 0 Å². The molecule has 4 rings (SSSR count). The molecule has 0 amide bonds. The topological polar surface area (TPSA) is 20.2 Å². The minimum absolute atomic E-state index is 0.281. The quantitative estimate of drug-likeness (QED) is 0.762. The first kappa shape index (κ1) is 13.3. The van der Waals surface area contributed by atoms with Crippen LogP contribution in [0.25, 0.3) is 10.8 Å². The van der Waals surface area contributed by atoms with Crippen LogP contribution in [0.5, 0.6) is 0 Å². The third-order valence-corrected chi connectivity index (χ3v) is 6.37. The summed E-state index contributed by atoms with van der Waals surface area (Å²) in [6, 6.07) is 13.0. The maximum atomic E-state index is 10.9. The summed E-state index contributed by atoms with van der Waals surface area (Å²) >= 11 is 0. The van der Waals surface area contributed by atoms with Gasteiger partial charge in [0.15, 0.2) is 0 Å². The third-order valence-electron chi connectivity index (χ3n) is 6.37. The van der Waals surface area contributed by atoms with Gasteiger partial charge in [-0.05, 0) is 58.4 Å². The zero-order valence-electron chi connectivity index (χ0n) is 13.0. The molecule has 0 bridgehead atoms. The van der Waals surface area contributed by atoms with Gasteiger partial charge in [0.05, 0.1) is 6.10 Å². The number of benzene rings is 2. The van der Waals surface area contributed by atoms with E-state index in [4.69, 9.17) is 0 Å². The fourth-order valence-electron chi connectivity index (χ4n) is 5.31. The number of hydrogen-bond donors (Lipinski definition) is 1. The number of aliphatic hydroxyl groups excluding tert-OH is 1. The summed E-state index contributed by atoms with van der Waals surface area (Å²) in [5.74, 6) is 1.39. The summed E-state index contributed by atoms with van der Waals surface area (Å²) in [6.07, 6.45) is 4.46. The van der Waals surface area contributed by atoms with E-state index < -0.39 is 0 Å². The summed E-state index contributed by atoms with van der Waals surface area (Å²) in [4.78, 5) is 0. The normalized spacial score (nSPS) is 34.7. The molecule has 0 radical (unpaired) electrons. The first-order chi connectivity index (χ1) is 10.1. The molecule has 0 spiro atoms. The van der Waals surface area contributed by atoms with Crippen molar-refractivity contribution in [3.8, 4) is 0 Å². The van der Waals surface area contributed by atoms with Gasteiger partial charge in [0, 0.05) is 0 Å². The molecule has 2 aliphatic rings. The fourth-order valence-corrected chi connectivity index (χ4v) is 5.31. The molecular formula is C20H24O. The zero-order chi connectivity index (χ0) is 14.6. The molecule has 0 unspecified atom stereocenters. The van der Waals surface area contributed by atoms with Crippen LogP contribution in [0.15, 0.2) is 36.4 Å². The van der Waals surface area contributed by atoms with Crippen LogP contribution in [-0.2, 0) is 0 Å². The Bertz CT molecular complexity index is 689. The Hall–Kier alpha value is -1.34. The number of aliphatic hydroxyl groups is 1. The second-order valence-electron chi connectivity index (χ2n) is 7.25. The first-order valence-electron chi connectivity index (χ1n) is 8.34. The standard InChI is InChI=1S/C20H24O/c1-3-14-9-11-17-16-10-8-13-6-4-5-7-15(13)19(16)18(21)12-20(14,17)2/h4-8,10,14,17-18,21H,3,9,11-12H2,1-2H3/t14-,17-,18-,20+/m0/s1. The molecule has 0 heterocycles. The number of fused-ring (bicyclic) bond motifs is 5. The highest BCUT2D eigenvalue weighted by Crippen LogP contribution is 2.62. The van der Waals surface area contributed by atoms with E-state index in [0.29, 0.717) is 5.92 Å². The van der Waals surface area contributed by atoms with Crippen LogP contribution in [0.3, 0.4) is 0 Å². The van der Waals surface area contributed by atoms with Gasteiger partial charge in [-0.25, -0.2) is 0 Å². The van der Waals surface area contributed by atoms with E-state index >= 15 is 0 Å². The second kappa shape index (κ2) is 4.58. The van der Waals surface area contributed by atoms with Gasteiger partial charge < -0.3 is 5.11 Å². The predicted octanol–water partition coefficient (Wildman–Crippen LogP) is 5.19. The van der Waals surface area contributed by atoms with Crippen molar-refractivity contribution in [3.05, 3.63) is 47.5 Å². The van der Waals surface area contributed by atoms with E-state index in [2.05, 4.69) is 50.2 Å². The van der Waals surface area contributed by atoms with Crippen LogP contribution in [0.2, 0.25) is 0 Å².